The van der Waals surface area contributed by atoms with Gasteiger partial charge in [-0.15, -0.1) is 0 Å². The second-order valence-electron chi connectivity index (χ2n) is 8.05. The van der Waals surface area contributed by atoms with E-state index in [0.29, 0.717) is 23.5 Å². The van der Waals surface area contributed by atoms with E-state index in [1.54, 1.807) is 42.5 Å². The predicted octanol–water partition coefficient (Wildman–Crippen LogP) is 3.24. The van der Waals surface area contributed by atoms with Crippen LogP contribution in [0.5, 0.6) is 0 Å². The molecule has 2 aromatic rings. The largest absolute Gasteiger partial charge is 0.376 e. The predicted molar refractivity (Wildman–Crippen MR) is 125 cm³/mol. The lowest BCUT2D eigenvalue weighted by Crippen LogP contribution is -2.31. The minimum atomic E-state index is -0.225. The van der Waals surface area contributed by atoms with Crippen LogP contribution in [0.1, 0.15) is 37.0 Å². The highest BCUT2D eigenvalue weighted by atomic mass is 16.5. The number of carbonyl (C=O) groups excluding carboxylic acids is 3. The van der Waals surface area contributed by atoms with Gasteiger partial charge >= 0.3 is 0 Å². The Kier molecular flexibility index (Phi) is 8.21. The van der Waals surface area contributed by atoms with Crippen molar-refractivity contribution >= 4 is 34.8 Å². The number of carbonyl (C=O) groups is 3. The van der Waals surface area contributed by atoms with Gasteiger partial charge in [-0.2, -0.15) is 0 Å². The molecule has 4 N–H and O–H groups in total. The van der Waals surface area contributed by atoms with Gasteiger partial charge in [0.2, 0.25) is 11.8 Å². The first-order valence-corrected chi connectivity index (χ1v) is 10.9. The highest BCUT2D eigenvalue weighted by Crippen LogP contribution is 2.16. The van der Waals surface area contributed by atoms with Crippen molar-refractivity contribution in [3.05, 3.63) is 54.1 Å². The second-order valence-corrected chi connectivity index (χ2v) is 8.05. The molecule has 0 aromatic heterocycles. The van der Waals surface area contributed by atoms with Gasteiger partial charge in [-0.05, 0) is 55.3 Å². The Morgan fingerprint density at radius 2 is 1.75 bits per heavy atom. The van der Waals surface area contributed by atoms with Crippen molar-refractivity contribution in [3.63, 3.8) is 0 Å². The molecule has 0 aliphatic carbocycles. The van der Waals surface area contributed by atoms with Gasteiger partial charge in [-0.3, -0.25) is 14.4 Å². The monoisotopic (exact) mass is 438 g/mol. The summed E-state index contributed by atoms with van der Waals surface area (Å²) in [7, 11) is 0. The summed E-state index contributed by atoms with van der Waals surface area (Å²) >= 11 is 0. The van der Waals surface area contributed by atoms with Crippen LogP contribution in [0.15, 0.2) is 48.5 Å². The number of rotatable bonds is 9. The van der Waals surface area contributed by atoms with Gasteiger partial charge in [0.25, 0.3) is 5.91 Å². The summed E-state index contributed by atoms with van der Waals surface area (Å²) in [6, 6.07) is 13.9. The standard InChI is InChI=1S/C24H30N4O4/c1-16(2)23(30)28-20-6-3-5-19(13-20)25-15-22(29)27-18-10-8-17(9-11-18)24(31)26-14-21-7-4-12-32-21/h3,5-6,8-11,13,16,21,25H,4,7,12,14-15H2,1-2H3,(H,26,31)(H,27,29)(H,28,30). The lowest BCUT2D eigenvalue weighted by molar-refractivity contribution is -0.119. The Labute approximate surface area is 188 Å². The number of hydrogen-bond donors (Lipinski definition) is 4. The van der Waals surface area contributed by atoms with E-state index in [9.17, 15) is 14.4 Å². The van der Waals surface area contributed by atoms with Crippen LogP contribution in [-0.2, 0) is 14.3 Å². The summed E-state index contributed by atoms with van der Waals surface area (Å²) in [4.78, 5) is 36.3. The number of anilines is 3. The molecular formula is C24H30N4O4. The topological polar surface area (TPSA) is 109 Å². The lowest BCUT2D eigenvalue weighted by Gasteiger charge is -2.12. The van der Waals surface area contributed by atoms with E-state index >= 15 is 0 Å². The summed E-state index contributed by atoms with van der Waals surface area (Å²) in [6.45, 7) is 4.97. The Bertz CT molecular complexity index is 937. The van der Waals surface area contributed by atoms with Crippen molar-refractivity contribution in [2.24, 2.45) is 5.92 Å². The molecule has 8 heteroatoms. The van der Waals surface area contributed by atoms with Crippen molar-refractivity contribution in [2.45, 2.75) is 32.8 Å². The number of nitrogens with one attached hydrogen (secondary N) is 4. The fraction of sp³-hybridized carbons (Fsp3) is 0.375. The molecule has 8 nitrogen and oxygen atoms in total. The van der Waals surface area contributed by atoms with Gasteiger partial charge in [0.1, 0.15) is 0 Å². The summed E-state index contributed by atoms with van der Waals surface area (Å²) in [5.41, 5.74) is 2.52. The molecule has 1 saturated heterocycles. The van der Waals surface area contributed by atoms with Crippen LogP contribution >= 0.6 is 0 Å². The van der Waals surface area contributed by atoms with Gasteiger partial charge in [0, 0.05) is 41.7 Å². The molecule has 0 radical (unpaired) electrons. The van der Waals surface area contributed by atoms with Crippen molar-refractivity contribution < 1.29 is 19.1 Å². The minimum Gasteiger partial charge on any atom is -0.376 e. The van der Waals surface area contributed by atoms with Crippen LogP contribution in [0, 0.1) is 5.92 Å². The highest BCUT2D eigenvalue weighted by Gasteiger charge is 2.16. The zero-order chi connectivity index (χ0) is 22.9. The summed E-state index contributed by atoms with van der Waals surface area (Å²) in [5.74, 6) is -0.568. The summed E-state index contributed by atoms with van der Waals surface area (Å²) in [6.07, 6.45) is 2.09. The molecule has 0 bridgehead atoms. The molecule has 1 unspecified atom stereocenters. The van der Waals surface area contributed by atoms with E-state index < -0.39 is 0 Å². The molecule has 1 atom stereocenters. The lowest BCUT2D eigenvalue weighted by atomic mass is 10.2. The molecule has 1 aliphatic rings. The van der Waals surface area contributed by atoms with Crippen molar-refractivity contribution in [1.29, 1.82) is 0 Å². The number of ether oxygens (including phenoxy) is 1. The average molecular weight is 439 g/mol. The Morgan fingerprint density at radius 1 is 1.00 bits per heavy atom. The first kappa shape index (κ1) is 23.3. The summed E-state index contributed by atoms with van der Waals surface area (Å²) in [5, 5.41) is 11.5. The van der Waals surface area contributed by atoms with E-state index in [1.165, 1.54) is 0 Å². The van der Waals surface area contributed by atoms with E-state index in [2.05, 4.69) is 21.3 Å². The van der Waals surface area contributed by atoms with Crippen molar-refractivity contribution in [2.75, 3.05) is 35.6 Å². The molecule has 2 aromatic carbocycles. The molecule has 3 rings (SSSR count). The zero-order valence-electron chi connectivity index (χ0n) is 18.4. The molecule has 1 heterocycles. The smallest absolute Gasteiger partial charge is 0.251 e. The third-order valence-electron chi connectivity index (χ3n) is 5.05. The van der Waals surface area contributed by atoms with Gasteiger partial charge in [0.05, 0.1) is 12.6 Å². The average Bonchev–Trinajstić information content (AvgIpc) is 3.30. The van der Waals surface area contributed by atoms with E-state index in [-0.39, 0.29) is 36.3 Å². The molecule has 1 aliphatic heterocycles. The fourth-order valence-corrected chi connectivity index (χ4v) is 3.20. The van der Waals surface area contributed by atoms with Gasteiger partial charge in [-0.25, -0.2) is 0 Å². The van der Waals surface area contributed by atoms with Crippen LogP contribution in [0.2, 0.25) is 0 Å². The van der Waals surface area contributed by atoms with Crippen LogP contribution in [0.4, 0.5) is 17.1 Å². The summed E-state index contributed by atoms with van der Waals surface area (Å²) < 4.78 is 5.50. The third-order valence-corrected chi connectivity index (χ3v) is 5.05. The first-order valence-electron chi connectivity index (χ1n) is 10.9. The van der Waals surface area contributed by atoms with Gasteiger partial charge in [0.15, 0.2) is 0 Å². The van der Waals surface area contributed by atoms with Crippen LogP contribution in [-0.4, -0.2) is 43.5 Å². The van der Waals surface area contributed by atoms with E-state index in [0.717, 1.165) is 25.1 Å². The maximum absolute atomic E-state index is 12.3. The maximum atomic E-state index is 12.3. The van der Waals surface area contributed by atoms with Gasteiger partial charge < -0.3 is 26.0 Å². The molecule has 1 fully saturated rings. The Balaban J connectivity index is 1.44. The molecule has 170 valence electrons. The van der Waals surface area contributed by atoms with Crippen LogP contribution in [0.3, 0.4) is 0 Å². The maximum Gasteiger partial charge on any atom is 0.251 e. The number of amides is 3. The highest BCUT2D eigenvalue weighted by molar-refractivity contribution is 5.97. The van der Waals surface area contributed by atoms with Crippen LogP contribution in [0.25, 0.3) is 0 Å². The first-order chi connectivity index (χ1) is 15.4. The van der Waals surface area contributed by atoms with Crippen molar-refractivity contribution in [1.82, 2.24) is 5.32 Å². The van der Waals surface area contributed by atoms with Crippen LogP contribution < -0.4 is 21.3 Å². The molecule has 0 saturated carbocycles. The second kappa shape index (κ2) is 11.3. The molecular weight excluding hydrogens is 408 g/mol. The SMILES string of the molecule is CC(C)C(=O)Nc1cccc(NCC(=O)Nc2ccc(C(=O)NCC3CCCO3)cc2)c1. The minimum absolute atomic E-state index is 0.0607. The normalized spacial score (nSPS) is 15.3. The van der Waals surface area contributed by atoms with Crippen molar-refractivity contribution in [3.8, 4) is 0 Å². The fourth-order valence-electron chi connectivity index (χ4n) is 3.20. The van der Waals surface area contributed by atoms with Gasteiger partial charge in [-0.1, -0.05) is 19.9 Å². The molecule has 32 heavy (non-hydrogen) atoms. The number of benzene rings is 2. The zero-order valence-corrected chi connectivity index (χ0v) is 18.4. The Morgan fingerprint density at radius 3 is 2.44 bits per heavy atom. The Hall–Kier alpha value is -3.39. The third kappa shape index (κ3) is 7.09. The molecule has 0 spiro atoms. The van der Waals surface area contributed by atoms with E-state index in [1.807, 2.05) is 19.9 Å². The van der Waals surface area contributed by atoms with E-state index in [4.69, 9.17) is 4.74 Å². The number of hydrogen-bond acceptors (Lipinski definition) is 5. The quantitative estimate of drug-likeness (QED) is 0.481. The molecule has 3 amide bonds.